The van der Waals surface area contributed by atoms with Crippen LogP contribution in [0, 0.1) is 28.9 Å². The van der Waals surface area contributed by atoms with E-state index in [2.05, 4.69) is 0 Å². The van der Waals surface area contributed by atoms with Crippen LogP contribution in [0.15, 0.2) is 12.1 Å². The molecule has 2 rings (SSSR count). The summed E-state index contributed by atoms with van der Waals surface area (Å²) in [6, 6.07) is 4.07. The molecule has 1 aromatic rings. The smallest absolute Gasteiger partial charge is 0.183 e. The van der Waals surface area contributed by atoms with Gasteiger partial charge in [-0.2, -0.15) is 5.26 Å². The number of nitrogens with zero attached hydrogens (tertiary/aromatic N) is 2. The molecule has 0 aliphatic carbocycles. The minimum atomic E-state index is -1.12. The Morgan fingerprint density at radius 2 is 2.17 bits per heavy atom. The molecular formula is C13H14F2N2O. The molecule has 2 atom stereocenters. The first kappa shape index (κ1) is 12.8. The van der Waals surface area contributed by atoms with Gasteiger partial charge in [-0.25, -0.2) is 8.78 Å². The summed E-state index contributed by atoms with van der Waals surface area (Å²) in [4.78, 5) is 1.67. The predicted octanol–water partition coefficient (Wildman–Crippen LogP) is 2.04. The molecular weight excluding hydrogens is 238 g/mol. The Labute approximate surface area is 104 Å². The maximum atomic E-state index is 13.9. The van der Waals surface area contributed by atoms with Crippen LogP contribution in [0.25, 0.3) is 0 Å². The molecule has 1 N–H and O–H groups in total. The molecule has 1 aromatic carbocycles. The number of aliphatic hydroxyl groups is 1. The number of halogens is 2. The van der Waals surface area contributed by atoms with E-state index in [9.17, 15) is 13.9 Å². The fraction of sp³-hybridized carbons (Fsp3) is 0.462. The standard InChI is InChI=1S/C13H14F2N2O/c1-8-4-5-17(11(8)7-18)10-3-2-9(6-16)12(14)13(10)15/h2-3,8,11,18H,4-5,7H2,1H3. The third-order valence-corrected chi connectivity index (χ3v) is 3.56. The van der Waals surface area contributed by atoms with E-state index in [1.165, 1.54) is 12.1 Å². The van der Waals surface area contributed by atoms with Gasteiger partial charge in [0.25, 0.3) is 0 Å². The highest BCUT2D eigenvalue weighted by Crippen LogP contribution is 2.32. The summed E-state index contributed by atoms with van der Waals surface area (Å²) in [6.45, 7) is 2.45. The summed E-state index contributed by atoms with van der Waals surface area (Å²) in [5.41, 5.74) is -0.182. The Hall–Kier alpha value is -1.67. The topological polar surface area (TPSA) is 47.3 Å². The first-order valence-electron chi connectivity index (χ1n) is 5.85. The number of hydrogen-bond donors (Lipinski definition) is 1. The van der Waals surface area contributed by atoms with Gasteiger partial charge >= 0.3 is 0 Å². The first-order valence-corrected chi connectivity index (χ1v) is 5.85. The van der Waals surface area contributed by atoms with Gasteiger partial charge in [0.15, 0.2) is 11.6 Å². The van der Waals surface area contributed by atoms with Crippen molar-refractivity contribution in [1.82, 2.24) is 0 Å². The van der Waals surface area contributed by atoms with Gasteiger partial charge in [0.1, 0.15) is 6.07 Å². The molecule has 0 saturated carbocycles. The molecule has 3 nitrogen and oxygen atoms in total. The minimum Gasteiger partial charge on any atom is -0.394 e. The molecule has 1 heterocycles. The third-order valence-electron chi connectivity index (χ3n) is 3.56. The molecule has 18 heavy (non-hydrogen) atoms. The Balaban J connectivity index is 2.41. The van der Waals surface area contributed by atoms with Gasteiger partial charge in [-0.3, -0.25) is 0 Å². The lowest BCUT2D eigenvalue weighted by Gasteiger charge is -2.27. The molecule has 0 aromatic heterocycles. The molecule has 5 heteroatoms. The highest BCUT2D eigenvalue weighted by Gasteiger charge is 2.33. The first-order chi connectivity index (χ1) is 8.60. The van der Waals surface area contributed by atoms with Gasteiger partial charge in [0.2, 0.25) is 0 Å². The van der Waals surface area contributed by atoms with E-state index in [4.69, 9.17) is 5.26 Å². The van der Waals surface area contributed by atoms with Gasteiger partial charge in [-0.1, -0.05) is 6.92 Å². The van der Waals surface area contributed by atoms with E-state index in [1.807, 2.05) is 6.92 Å². The van der Waals surface area contributed by atoms with Crippen LogP contribution in [0.5, 0.6) is 0 Å². The number of anilines is 1. The lowest BCUT2D eigenvalue weighted by molar-refractivity contribution is 0.244. The Morgan fingerprint density at radius 1 is 1.44 bits per heavy atom. The third kappa shape index (κ3) is 1.93. The fourth-order valence-corrected chi connectivity index (χ4v) is 2.43. The van der Waals surface area contributed by atoms with Gasteiger partial charge in [0, 0.05) is 6.54 Å². The fourth-order valence-electron chi connectivity index (χ4n) is 2.43. The average Bonchev–Trinajstić information content (AvgIpc) is 2.73. The van der Waals surface area contributed by atoms with Crippen LogP contribution >= 0.6 is 0 Å². The van der Waals surface area contributed by atoms with Gasteiger partial charge in [-0.05, 0) is 24.5 Å². The van der Waals surface area contributed by atoms with E-state index in [0.29, 0.717) is 6.54 Å². The number of aliphatic hydroxyl groups excluding tert-OH is 1. The molecule has 0 radical (unpaired) electrons. The number of benzene rings is 1. The molecule has 0 spiro atoms. The summed E-state index contributed by atoms with van der Waals surface area (Å²) in [5.74, 6) is -1.90. The number of nitriles is 1. The van der Waals surface area contributed by atoms with Crippen molar-refractivity contribution in [3.63, 3.8) is 0 Å². The summed E-state index contributed by atoms with van der Waals surface area (Å²) < 4.78 is 27.4. The molecule has 1 aliphatic heterocycles. The van der Waals surface area contributed by atoms with E-state index < -0.39 is 11.6 Å². The zero-order valence-corrected chi connectivity index (χ0v) is 10.0. The van der Waals surface area contributed by atoms with Crippen molar-refractivity contribution >= 4 is 5.69 Å². The number of rotatable bonds is 2. The van der Waals surface area contributed by atoms with Crippen LogP contribution in [0.4, 0.5) is 14.5 Å². The molecule has 1 fully saturated rings. The molecule has 1 aliphatic rings. The Bertz CT molecular complexity index is 498. The van der Waals surface area contributed by atoms with Crippen LogP contribution in [0.1, 0.15) is 18.9 Å². The second-order valence-corrected chi connectivity index (χ2v) is 4.58. The van der Waals surface area contributed by atoms with Crippen molar-refractivity contribution in [1.29, 1.82) is 5.26 Å². The summed E-state index contributed by atoms with van der Waals surface area (Å²) in [7, 11) is 0. The average molecular weight is 252 g/mol. The lowest BCUT2D eigenvalue weighted by Crippen LogP contribution is -2.35. The normalized spacial score (nSPS) is 23.2. The highest BCUT2D eigenvalue weighted by atomic mass is 19.2. The summed E-state index contributed by atoms with van der Waals surface area (Å²) in [6.07, 6.45) is 0.826. The SMILES string of the molecule is CC1CCN(c2ccc(C#N)c(F)c2F)C1CO. The van der Waals surface area contributed by atoms with Gasteiger partial charge in [-0.15, -0.1) is 0 Å². The predicted molar refractivity (Wildman–Crippen MR) is 63.1 cm³/mol. The minimum absolute atomic E-state index is 0.0950. The van der Waals surface area contributed by atoms with Crippen LogP contribution in [-0.4, -0.2) is 24.3 Å². The van der Waals surface area contributed by atoms with Crippen molar-refractivity contribution in [2.45, 2.75) is 19.4 Å². The Kier molecular flexibility index (Phi) is 3.48. The quantitative estimate of drug-likeness (QED) is 0.876. The van der Waals surface area contributed by atoms with E-state index in [1.54, 1.807) is 11.0 Å². The zero-order valence-electron chi connectivity index (χ0n) is 10.0. The van der Waals surface area contributed by atoms with E-state index in [0.717, 1.165) is 6.42 Å². The second kappa shape index (κ2) is 4.91. The lowest BCUT2D eigenvalue weighted by atomic mass is 10.0. The molecule has 0 bridgehead atoms. The molecule has 1 saturated heterocycles. The van der Waals surface area contributed by atoms with Crippen LogP contribution in [-0.2, 0) is 0 Å². The van der Waals surface area contributed by atoms with Crippen molar-refractivity contribution in [3.8, 4) is 6.07 Å². The van der Waals surface area contributed by atoms with E-state index >= 15 is 0 Å². The maximum Gasteiger partial charge on any atom is 0.183 e. The highest BCUT2D eigenvalue weighted by molar-refractivity contribution is 5.53. The van der Waals surface area contributed by atoms with Crippen molar-refractivity contribution in [3.05, 3.63) is 29.3 Å². The van der Waals surface area contributed by atoms with Crippen molar-refractivity contribution in [2.24, 2.45) is 5.92 Å². The van der Waals surface area contributed by atoms with Crippen molar-refractivity contribution < 1.29 is 13.9 Å². The summed E-state index contributed by atoms with van der Waals surface area (Å²) >= 11 is 0. The monoisotopic (exact) mass is 252 g/mol. The maximum absolute atomic E-state index is 13.9. The molecule has 96 valence electrons. The zero-order chi connectivity index (χ0) is 13.3. The number of hydrogen-bond acceptors (Lipinski definition) is 3. The Morgan fingerprint density at radius 3 is 2.78 bits per heavy atom. The van der Waals surface area contributed by atoms with Gasteiger partial charge in [0.05, 0.1) is 23.9 Å². The largest absolute Gasteiger partial charge is 0.394 e. The van der Waals surface area contributed by atoms with E-state index in [-0.39, 0.29) is 29.8 Å². The van der Waals surface area contributed by atoms with Crippen molar-refractivity contribution in [2.75, 3.05) is 18.1 Å². The van der Waals surface area contributed by atoms with Crippen LogP contribution in [0.2, 0.25) is 0 Å². The van der Waals surface area contributed by atoms with Crippen LogP contribution < -0.4 is 4.90 Å². The summed E-state index contributed by atoms with van der Waals surface area (Å²) in [5, 5.41) is 17.9. The molecule has 2 unspecified atom stereocenters. The second-order valence-electron chi connectivity index (χ2n) is 4.58. The molecule has 0 amide bonds. The van der Waals surface area contributed by atoms with Gasteiger partial charge < -0.3 is 10.0 Å². The van der Waals surface area contributed by atoms with Crippen LogP contribution in [0.3, 0.4) is 0 Å².